The van der Waals surface area contributed by atoms with Gasteiger partial charge in [-0.15, -0.1) is 0 Å². The molecule has 0 aliphatic carbocycles. The predicted molar refractivity (Wildman–Crippen MR) is 112 cm³/mol. The van der Waals surface area contributed by atoms with E-state index in [1.54, 1.807) is 12.1 Å². The molecule has 1 aliphatic rings. The fraction of sp³-hybridized carbons (Fsp3) is 0. The number of aliphatic imine (C=N–C) groups is 1. The van der Waals surface area contributed by atoms with E-state index in [9.17, 15) is 4.39 Å². The molecule has 134 valence electrons. The van der Waals surface area contributed by atoms with E-state index in [4.69, 9.17) is 4.99 Å². The van der Waals surface area contributed by atoms with E-state index < -0.39 is 0 Å². The van der Waals surface area contributed by atoms with E-state index in [0.717, 1.165) is 38.9 Å². The maximum Gasteiger partial charge on any atom is 0.154 e. The first-order valence-corrected chi connectivity index (χ1v) is 9.05. The van der Waals surface area contributed by atoms with Gasteiger partial charge in [0.05, 0.1) is 11.4 Å². The molecule has 0 unspecified atom stereocenters. The lowest BCUT2D eigenvalue weighted by molar-refractivity contribution is 0.627. The van der Waals surface area contributed by atoms with Crippen LogP contribution < -0.4 is 5.43 Å². The van der Waals surface area contributed by atoms with Gasteiger partial charge in [0.2, 0.25) is 0 Å². The molecule has 4 aromatic carbocycles. The van der Waals surface area contributed by atoms with Crippen LogP contribution in [-0.2, 0) is 0 Å². The van der Waals surface area contributed by atoms with E-state index >= 15 is 0 Å². The molecule has 0 spiro atoms. The van der Waals surface area contributed by atoms with Gasteiger partial charge in [-0.3, -0.25) is 5.43 Å². The largest absolute Gasteiger partial charge is 0.260 e. The quantitative estimate of drug-likeness (QED) is 0.506. The zero-order valence-corrected chi connectivity index (χ0v) is 14.9. The molecule has 5 rings (SSSR count). The molecule has 0 fully saturated rings. The first kappa shape index (κ1) is 16.4. The minimum Gasteiger partial charge on any atom is -0.260 e. The monoisotopic (exact) mass is 365 g/mol. The number of nitrogens with one attached hydrogen (secondary N) is 1. The first-order chi connectivity index (χ1) is 13.8. The molecule has 0 saturated heterocycles. The van der Waals surface area contributed by atoms with Crippen molar-refractivity contribution in [1.29, 1.82) is 0 Å². The maximum atomic E-state index is 13.4. The molecule has 28 heavy (non-hydrogen) atoms. The molecule has 4 heteroatoms. The Balaban J connectivity index is 1.77. The third-order valence-corrected chi connectivity index (χ3v) is 4.82. The lowest BCUT2D eigenvalue weighted by Crippen LogP contribution is -2.19. The van der Waals surface area contributed by atoms with Crippen LogP contribution in [0.15, 0.2) is 101 Å². The van der Waals surface area contributed by atoms with Crippen LogP contribution in [0.1, 0.15) is 16.7 Å². The smallest absolute Gasteiger partial charge is 0.154 e. The summed E-state index contributed by atoms with van der Waals surface area (Å²) in [6.45, 7) is 0. The van der Waals surface area contributed by atoms with Gasteiger partial charge in [-0.05, 0) is 35.7 Å². The number of nitrogens with zero attached hydrogens (tertiary/aromatic N) is 2. The summed E-state index contributed by atoms with van der Waals surface area (Å²) in [7, 11) is 0. The van der Waals surface area contributed by atoms with Crippen LogP contribution in [-0.4, -0.2) is 11.5 Å². The third-order valence-electron chi connectivity index (χ3n) is 4.82. The Kier molecular flexibility index (Phi) is 3.95. The second-order valence-electron chi connectivity index (χ2n) is 6.59. The van der Waals surface area contributed by atoms with Crippen molar-refractivity contribution in [2.24, 2.45) is 10.1 Å². The highest BCUT2D eigenvalue weighted by Gasteiger charge is 2.19. The van der Waals surface area contributed by atoms with E-state index in [-0.39, 0.29) is 5.82 Å². The average molecular weight is 365 g/mol. The van der Waals surface area contributed by atoms with E-state index in [0.29, 0.717) is 5.84 Å². The number of benzene rings is 4. The molecule has 3 nitrogen and oxygen atoms in total. The molecular weight excluding hydrogens is 349 g/mol. The number of halogens is 1. The number of hydrazone groups is 1. The van der Waals surface area contributed by atoms with Crippen molar-refractivity contribution in [2.75, 3.05) is 0 Å². The van der Waals surface area contributed by atoms with Crippen molar-refractivity contribution >= 4 is 28.0 Å². The fourth-order valence-corrected chi connectivity index (χ4v) is 3.43. The van der Waals surface area contributed by atoms with Crippen LogP contribution in [0.3, 0.4) is 0 Å². The van der Waals surface area contributed by atoms with Gasteiger partial charge in [0.15, 0.2) is 5.84 Å². The summed E-state index contributed by atoms with van der Waals surface area (Å²) in [5, 5.41) is 6.82. The van der Waals surface area contributed by atoms with Crippen LogP contribution in [0.2, 0.25) is 0 Å². The van der Waals surface area contributed by atoms with Gasteiger partial charge in [0, 0.05) is 22.1 Å². The van der Waals surface area contributed by atoms with Gasteiger partial charge in [0.1, 0.15) is 5.82 Å². The number of hydrogen-bond acceptors (Lipinski definition) is 3. The Morgan fingerprint density at radius 1 is 0.679 bits per heavy atom. The summed E-state index contributed by atoms with van der Waals surface area (Å²) in [5.41, 5.74) is 7.50. The van der Waals surface area contributed by atoms with Crippen molar-refractivity contribution in [3.05, 3.63) is 114 Å². The highest BCUT2D eigenvalue weighted by atomic mass is 19.1. The zero-order valence-electron chi connectivity index (χ0n) is 14.9. The van der Waals surface area contributed by atoms with Gasteiger partial charge >= 0.3 is 0 Å². The van der Waals surface area contributed by atoms with Gasteiger partial charge in [-0.2, -0.15) is 5.10 Å². The van der Waals surface area contributed by atoms with Gasteiger partial charge in [0.25, 0.3) is 0 Å². The Morgan fingerprint density at radius 3 is 2.25 bits per heavy atom. The minimum atomic E-state index is -0.280. The molecule has 0 aromatic heterocycles. The standard InChI is InChI=1S/C24H16FN3/c25-19-13-10-18(11-14-19)24-26-23-20-9-5-4-6-16(20)12-15-21(23)22(27-28-24)17-7-2-1-3-8-17/h1-15H,(H,26,28). The molecular formula is C24H16FN3. The van der Waals surface area contributed by atoms with Crippen LogP contribution in [0.5, 0.6) is 0 Å². The molecule has 0 radical (unpaired) electrons. The molecule has 1 N–H and O–H groups in total. The maximum absolute atomic E-state index is 13.4. The first-order valence-electron chi connectivity index (χ1n) is 9.05. The second-order valence-corrected chi connectivity index (χ2v) is 6.59. The highest BCUT2D eigenvalue weighted by molar-refractivity contribution is 6.21. The molecule has 0 saturated carbocycles. The topological polar surface area (TPSA) is 36.8 Å². The average Bonchev–Trinajstić information content (AvgIpc) is 2.95. The van der Waals surface area contributed by atoms with Gasteiger partial charge < -0.3 is 0 Å². The van der Waals surface area contributed by atoms with Gasteiger partial charge in [-0.25, -0.2) is 9.38 Å². The zero-order chi connectivity index (χ0) is 18.9. The Bertz CT molecular complexity index is 1230. The summed E-state index contributed by atoms with van der Waals surface area (Å²) in [5.74, 6) is 0.306. The highest BCUT2D eigenvalue weighted by Crippen LogP contribution is 2.33. The molecule has 1 aliphatic heterocycles. The Labute approximate surface area is 161 Å². The van der Waals surface area contributed by atoms with Crippen molar-refractivity contribution in [2.45, 2.75) is 0 Å². The summed E-state index contributed by atoms with van der Waals surface area (Å²) in [4.78, 5) is 4.91. The molecule has 0 amide bonds. The number of rotatable bonds is 2. The number of amidine groups is 1. The summed E-state index contributed by atoms with van der Waals surface area (Å²) in [6, 6.07) is 28.6. The van der Waals surface area contributed by atoms with Crippen LogP contribution in [0.4, 0.5) is 10.1 Å². The van der Waals surface area contributed by atoms with Crippen LogP contribution >= 0.6 is 0 Å². The van der Waals surface area contributed by atoms with E-state index in [1.807, 2.05) is 42.5 Å². The SMILES string of the molecule is Fc1ccc(C2=Nc3c(ccc4ccccc34)C(c3ccccc3)=NN2)cc1. The predicted octanol–water partition coefficient (Wildman–Crippen LogP) is 5.41. The Morgan fingerprint density at radius 2 is 1.43 bits per heavy atom. The summed E-state index contributed by atoms with van der Waals surface area (Å²) in [6.07, 6.45) is 0. The van der Waals surface area contributed by atoms with E-state index in [2.05, 4.69) is 34.8 Å². The molecule has 0 bridgehead atoms. The van der Waals surface area contributed by atoms with Crippen molar-refractivity contribution in [3.8, 4) is 0 Å². The lowest BCUT2D eigenvalue weighted by Gasteiger charge is -2.10. The minimum absolute atomic E-state index is 0.280. The lowest BCUT2D eigenvalue weighted by atomic mass is 9.97. The van der Waals surface area contributed by atoms with Gasteiger partial charge in [-0.1, -0.05) is 60.7 Å². The third kappa shape index (κ3) is 2.85. The Hall–Kier alpha value is -3.79. The summed E-state index contributed by atoms with van der Waals surface area (Å²) < 4.78 is 13.4. The van der Waals surface area contributed by atoms with Crippen molar-refractivity contribution in [1.82, 2.24) is 5.43 Å². The molecule has 0 atom stereocenters. The number of hydrogen-bond donors (Lipinski definition) is 1. The normalized spacial score (nSPS) is 13.2. The molecule has 1 heterocycles. The van der Waals surface area contributed by atoms with Crippen LogP contribution in [0.25, 0.3) is 10.8 Å². The summed E-state index contributed by atoms with van der Waals surface area (Å²) >= 11 is 0. The van der Waals surface area contributed by atoms with Crippen molar-refractivity contribution < 1.29 is 4.39 Å². The number of fused-ring (bicyclic) bond motifs is 3. The van der Waals surface area contributed by atoms with Crippen molar-refractivity contribution in [3.63, 3.8) is 0 Å². The fourth-order valence-electron chi connectivity index (χ4n) is 3.43. The molecule has 4 aromatic rings. The second kappa shape index (κ2) is 6.74. The van der Waals surface area contributed by atoms with E-state index in [1.165, 1.54) is 12.1 Å². The van der Waals surface area contributed by atoms with Crippen LogP contribution in [0, 0.1) is 5.82 Å².